The van der Waals surface area contributed by atoms with Gasteiger partial charge in [0.2, 0.25) is 11.8 Å². The summed E-state index contributed by atoms with van der Waals surface area (Å²) in [7, 11) is 3.16. The number of H-pyrrole nitrogens is 1. The third kappa shape index (κ3) is 4.10. The van der Waals surface area contributed by atoms with Gasteiger partial charge in [0.1, 0.15) is 0 Å². The lowest BCUT2D eigenvalue weighted by molar-refractivity contribution is -0.140. The molecular weight excluding hydrogens is 310 g/mol. The van der Waals surface area contributed by atoms with Gasteiger partial charge >= 0.3 is 5.69 Å². The lowest BCUT2D eigenvalue weighted by Gasteiger charge is -2.28. The van der Waals surface area contributed by atoms with Gasteiger partial charge < -0.3 is 14.5 Å². The molecule has 1 saturated heterocycles. The fourth-order valence-corrected chi connectivity index (χ4v) is 2.76. The van der Waals surface area contributed by atoms with Crippen LogP contribution in [-0.4, -0.2) is 82.0 Å². The minimum atomic E-state index is -0.328. The van der Waals surface area contributed by atoms with E-state index in [0.717, 1.165) is 11.8 Å². The van der Waals surface area contributed by atoms with E-state index >= 15 is 0 Å². The van der Waals surface area contributed by atoms with E-state index in [-0.39, 0.29) is 29.8 Å². The Hall–Kier alpha value is -1.81. The van der Waals surface area contributed by atoms with Crippen molar-refractivity contribution in [2.75, 3.05) is 45.6 Å². The number of hydrogen-bond acceptors (Lipinski definition) is 6. The number of thioether (sulfide) groups is 1. The lowest BCUT2D eigenvalue weighted by Crippen LogP contribution is -2.46. The van der Waals surface area contributed by atoms with Crippen LogP contribution in [-0.2, 0) is 21.4 Å². The van der Waals surface area contributed by atoms with Crippen molar-refractivity contribution in [2.24, 2.45) is 7.05 Å². The summed E-state index contributed by atoms with van der Waals surface area (Å²) in [5.41, 5.74) is -0.328. The van der Waals surface area contributed by atoms with Crippen LogP contribution >= 0.6 is 11.8 Å². The largest absolute Gasteiger partial charge is 0.378 e. The minimum Gasteiger partial charge on any atom is -0.378 e. The van der Waals surface area contributed by atoms with Gasteiger partial charge in [0.25, 0.3) is 0 Å². The molecule has 2 rings (SSSR count). The summed E-state index contributed by atoms with van der Waals surface area (Å²) in [5, 5.41) is 6.55. The molecule has 122 valence electrons. The molecule has 1 aliphatic heterocycles. The van der Waals surface area contributed by atoms with E-state index in [9.17, 15) is 14.4 Å². The lowest BCUT2D eigenvalue weighted by atomic mass is 10.4. The molecule has 9 nitrogen and oxygen atoms in total. The third-order valence-electron chi connectivity index (χ3n) is 3.33. The molecule has 0 unspecified atom stereocenters. The van der Waals surface area contributed by atoms with E-state index in [4.69, 9.17) is 4.74 Å². The number of morpholine rings is 1. The van der Waals surface area contributed by atoms with Crippen molar-refractivity contribution in [1.29, 1.82) is 0 Å². The molecule has 1 aromatic heterocycles. The number of amides is 2. The number of carbonyl (C=O) groups is 2. The monoisotopic (exact) mass is 329 g/mol. The molecule has 0 aromatic carbocycles. The van der Waals surface area contributed by atoms with Crippen molar-refractivity contribution >= 4 is 23.6 Å². The first-order chi connectivity index (χ1) is 10.5. The smallest absolute Gasteiger partial charge is 0.343 e. The number of likely N-dealkylation sites (N-methyl/N-ethyl adjacent to an activating group) is 1. The van der Waals surface area contributed by atoms with Gasteiger partial charge in [0.15, 0.2) is 5.16 Å². The van der Waals surface area contributed by atoms with Crippen LogP contribution in [0.3, 0.4) is 0 Å². The standard InChI is InChI=1S/C12H19N5O4S/c1-15(7-9(18)17-3-5-21-6-4-17)10(19)8-22-12-14-13-11(20)16(12)2/h3-8H2,1-2H3,(H,13,20). The average molecular weight is 329 g/mol. The van der Waals surface area contributed by atoms with Gasteiger partial charge in [0.05, 0.1) is 25.5 Å². The summed E-state index contributed by atoms with van der Waals surface area (Å²) in [5.74, 6) is -0.163. The van der Waals surface area contributed by atoms with E-state index in [0.29, 0.717) is 31.5 Å². The number of rotatable bonds is 5. The second kappa shape index (κ2) is 7.45. The fourth-order valence-electron chi connectivity index (χ4n) is 1.90. The molecular formula is C12H19N5O4S. The molecule has 0 aliphatic carbocycles. The van der Waals surface area contributed by atoms with Crippen LogP contribution in [0.1, 0.15) is 0 Å². The molecule has 1 fully saturated rings. The van der Waals surface area contributed by atoms with Crippen molar-refractivity contribution in [3.8, 4) is 0 Å². The van der Waals surface area contributed by atoms with Crippen LogP contribution in [0.25, 0.3) is 0 Å². The van der Waals surface area contributed by atoms with Crippen molar-refractivity contribution in [3.05, 3.63) is 10.5 Å². The van der Waals surface area contributed by atoms with E-state index < -0.39 is 0 Å². The molecule has 22 heavy (non-hydrogen) atoms. The van der Waals surface area contributed by atoms with Crippen molar-refractivity contribution in [2.45, 2.75) is 5.16 Å². The maximum Gasteiger partial charge on any atom is 0.343 e. The van der Waals surface area contributed by atoms with Crippen LogP contribution in [0, 0.1) is 0 Å². The zero-order valence-corrected chi connectivity index (χ0v) is 13.4. The van der Waals surface area contributed by atoms with E-state index in [1.54, 1.807) is 19.0 Å². The molecule has 1 aliphatic rings. The van der Waals surface area contributed by atoms with Gasteiger partial charge in [-0.05, 0) is 0 Å². The molecule has 1 aromatic rings. The number of ether oxygens (including phenoxy) is 1. The molecule has 10 heteroatoms. The number of carbonyl (C=O) groups excluding carboxylic acids is 2. The summed E-state index contributed by atoms with van der Waals surface area (Å²) in [6.45, 7) is 2.23. The molecule has 0 bridgehead atoms. The molecule has 2 heterocycles. The number of aromatic nitrogens is 3. The zero-order valence-electron chi connectivity index (χ0n) is 12.6. The van der Waals surface area contributed by atoms with Crippen LogP contribution in [0.15, 0.2) is 9.95 Å². The normalized spacial score (nSPS) is 14.9. The molecule has 0 saturated carbocycles. The van der Waals surface area contributed by atoms with Gasteiger partial charge in [-0.15, -0.1) is 5.10 Å². The van der Waals surface area contributed by atoms with Crippen molar-refractivity contribution in [1.82, 2.24) is 24.6 Å². The van der Waals surface area contributed by atoms with Crippen molar-refractivity contribution < 1.29 is 14.3 Å². The first-order valence-corrected chi connectivity index (χ1v) is 7.81. The highest BCUT2D eigenvalue weighted by molar-refractivity contribution is 7.99. The Morgan fingerprint density at radius 1 is 1.41 bits per heavy atom. The van der Waals surface area contributed by atoms with Crippen LogP contribution in [0.5, 0.6) is 0 Å². The maximum absolute atomic E-state index is 12.1. The van der Waals surface area contributed by atoms with Crippen LogP contribution in [0.2, 0.25) is 0 Å². The van der Waals surface area contributed by atoms with E-state index in [2.05, 4.69) is 10.2 Å². The predicted molar refractivity (Wildman–Crippen MR) is 79.6 cm³/mol. The first kappa shape index (κ1) is 16.6. The summed E-state index contributed by atoms with van der Waals surface area (Å²) in [4.78, 5) is 38.4. The SMILES string of the molecule is CN(CC(=O)N1CCOCC1)C(=O)CSc1n[nH]c(=O)n1C. The Balaban J connectivity index is 1.80. The van der Waals surface area contributed by atoms with Crippen LogP contribution < -0.4 is 5.69 Å². The second-order valence-corrected chi connectivity index (χ2v) is 5.84. The average Bonchev–Trinajstić information content (AvgIpc) is 2.85. The summed E-state index contributed by atoms with van der Waals surface area (Å²) < 4.78 is 6.52. The number of aromatic amines is 1. The van der Waals surface area contributed by atoms with Gasteiger partial charge in [0, 0.05) is 27.2 Å². The molecule has 0 radical (unpaired) electrons. The Labute approximate surface area is 131 Å². The Kier molecular flexibility index (Phi) is 5.61. The molecule has 0 atom stereocenters. The fraction of sp³-hybridized carbons (Fsp3) is 0.667. The van der Waals surface area contributed by atoms with Gasteiger partial charge in [-0.2, -0.15) is 0 Å². The predicted octanol–water partition coefficient (Wildman–Crippen LogP) is -1.48. The summed E-state index contributed by atoms with van der Waals surface area (Å²) in [6.07, 6.45) is 0. The van der Waals surface area contributed by atoms with Gasteiger partial charge in [-0.1, -0.05) is 11.8 Å². The van der Waals surface area contributed by atoms with Crippen molar-refractivity contribution in [3.63, 3.8) is 0 Å². The Bertz CT molecular complexity index is 593. The van der Waals surface area contributed by atoms with Gasteiger partial charge in [-0.3, -0.25) is 14.2 Å². The van der Waals surface area contributed by atoms with E-state index in [1.807, 2.05) is 0 Å². The molecule has 1 N–H and O–H groups in total. The molecule has 0 spiro atoms. The van der Waals surface area contributed by atoms with Gasteiger partial charge in [-0.25, -0.2) is 9.89 Å². The van der Waals surface area contributed by atoms with E-state index in [1.165, 1.54) is 9.47 Å². The van der Waals surface area contributed by atoms with Crippen LogP contribution in [0.4, 0.5) is 0 Å². The highest BCUT2D eigenvalue weighted by Crippen LogP contribution is 2.12. The summed E-state index contributed by atoms with van der Waals surface area (Å²) in [6, 6.07) is 0. The minimum absolute atomic E-state index is 0.0406. The highest BCUT2D eigenvalue weighted by atomic mass is 32.2. The topological polar surface area (TPSA) is 101 Å². The quantitative estimate of drug-likeness (QED) is 0.661. The highest BCUT2D eigenvalue weighted by Gasteiger charge is 2.20. The second-order valence-electron chi connectivity index (χ2n) is 4.90. The summed E-state index contributed by atoms with van der Waals surface area (Å²) >= 11 is 1.15. The number of nitrogens with one attached hydrogen (secondary N) is 1. The Morgan fingerprint density at radius 2 is 2.09 bits per heavy atom. The molecule has 2 amide bonds. The Morgan fingerprint density at radius 3 is 2.68 bits per heavy atom. The number of nitrogens with zero attached hydrogens (tertiary/aromatic N) is 4. The maximum atomic E-state index is 12.1. The first-order valence-electron chi connectivity index (χ1n) is 6.82. The number of hydrogen-bond donors (Lipinski definition) is 1. The third-order valence-corrected chi connectivity index (χ3v) is 4.34. The zero-order chi connectivity index (χ0) is 16.1.